The average molecular weight is 397 g/mol. The number of carbonyl (C=O) groups is 1. The van der Waals surface area contributed by atoms with Crippen molar-refractivity contribution in [1.82, 2.24) is 0 Å². The number of ether oxygens (including phenoxy) is 2. The fraction of sp³-hybridized carbons (Fsp3) is 0.0952. The van der Waals surface area contributed by atoms with Gasteiger partial charge in [0, 0.05) is 0 Å². The highest BCUT2D eigenvalue weighted by molar-refractivity contribution is 7.92. The van der Waals surface area contributed by atoms with Crippen LogP contribution < -0.4 is 13.8 Å². The third kappa shape index (κ3) is 4.50. The molecule has 0 spiro atoms. The quantitative estimate of drug-likeness (QED) is 0.451. The minimum absolute atomic E-state index is 0.0936. The first kappa shape index (κ1) is 19.4. The Labute approximate surface area is 164 Å². The Morgan fingerprint density at radius 1 is 0.821 bits per heavy atom. The molecule has 0 amide bonds. The monoisotopic (exact) mass is 397 g/mol. The summed E-state index contributed by atoms with van der Waals surface area (Å²) in [5, 5.41) is 0. The van der Waals surface area contributed by atoms with Crippen LogP contribution in [0.1, 0.15) is 0 Å². The molecule has 0 aliphatic rings. The van der Waals surface area contributed by atoms with Gasteiger partial charge in [-0.05, 0) is 48.5 Å². The number of hydrogen-bond acceptors (Lipinski definition) is 5. The van der Waals surface area contributed by atoms with Crippen molar-refractivity contribution in [2.24, 2.45) is 0 Å². The van der Waals surface area contributed by atoms with E-state index in [1.165, 1.54) is 19.2 Å². The van der Waals surface area contributed by atoms with Crippen LogP contribution in [0, 0.1) is 0 Å². The third-order valence-corrected chi connectivity index (χ3v) is 5.73. The zero-order valence-corrected chi connectivity index (χ0v) is 16.0. The van der Waals surface area contributed by atoms with Gasteiger partial charge in [-0.25, -0.2) is 13.2 Å². The second kappa shape index (κ2) is 8.58. The fourth-order valence-corrected chi connectivity index (χ4v) is 3.98. The highest BCUT2D eigenvalue weighted by Crippen LogP contribution is 2.24. The summed E-state index contributed by atoms with van der Waals surface area (Å²) in [7, 11) is -2.40. The smallest absolute Gasteiger partial charge is 0.332 e. The molecular weight excluding hydrogens is 378 g/mol. The van der Waals surface area contributed by atoms with E-state index in [-0.39, 0.29) is 4.90 Å². The van der Waals surface area contributed by atoms with Gasteiger partial charge < -0.3 is 9.47 Å². The Kier molecular flexibility index (Phi) is 5.96. The van der Waals surface area contributed by atoms with Gasteiger partial charge in [0.25, 0.3) is 10.0 Å². The molecule has 0 atom stereocenters. The van der Waals surface area contributed by atoms with Crippen LogP contribution in [0.4, 0.5) is 5.69 Å². The SMILES string of the molecule is COc1ccc(OC(=O)CN(c2ccccc2)S(=O)(=O)c2ccccc2)cc1. The molecule has 7 heteroatoms. The maximum absolute atomic E-state index is 13.1. The molecule has 144 valence electrons. The number of nitrogens with zero attached hydrogens (tertiary/aromatic N) is 1. The summed E-state index contributed by atoms with van der Waals surface area (Å²) in [6.07, 6.45) is 0. The summed E-state index contributed by atoms with van der Waals surface area (Å²) < 4.78 is 37.6. The van der Waals surface area contributed by atoms with E-state index >= 15 is 0 Å². The summed E-state index contributed by atoms with van der Waals surface area (Å²) in [6, 6.07) is 22.9. The van der Waals surface area contributed by atoms with E-state index in [1.54, 1.807) is 72.8 Å². The van der Waals surface area contributed by atoms with Crippen LogP contribution in [0.15, 0.2) is 89.8 Å². The van der Waals surface area contributed by atoms with Crippen molar-refractivity contribution >= 4 is 21.7 Å². The number of methoxy groups -OCH3 is 1. The molecule has 0 N–H and O–H groups in total. The Balaban J connectivity index is 1.86. The Hall–Kier alpha value is -3.32. The highest BCUT2D eigenvalue weighted by atomic mass is 32.2. The maximum Gasteiger partial charge on any atom is 0.332 e. The standard InChI is InChI=1S/C21H19NO5S/c1-26-18-12-14-19(15-13-18)27-21(23)16-22(17-8-4-2-5-9-17)28(24,25)20-10-6-3-7-11-20/h2-15H,16H2,1H3. The van der Waals surface area contributed by atoms with E-state index < -0.39 is 22.5 Å². The lowest BCUT2D eigenvalue weighted by Gasteiger charge is -2.23. The van der Waals surface area contributed by atoms with Crippen LogP contribution in [-0.2, 0) is 14.8 Å². The highest BCUT2D eigenvalue weighted by Gasteiger charge is 2.27. The Morgan fingerprint density at radius 3 is 1.93 bits per heavy atom. The minimum atomic E-state index is -3.94. The summed E-state index contributed by atoms with van der Waals surface area (Å²) in [4.78, 5) is 12.6. The molecule has 3 rings (SSSR count). The number of rotatable bonds is 7. The molecule has 0 unspecified atom stereocenters. The molecule has 0 saturated carbocycles. The molecule has 28 heavy (non-hydrogen) atoms. The second-order valence-corrected chi connectivity index (χ2v) is 7.67. The number of hydrogen-bond donors (Lipinski definition) is 0. The van der Waals surface area contributed by atoms with E-state index in [4.69, 9.17) is 9.47 Å². The summed E-state index contributed by atoms with van der Waals surface area (Å²) in [5.74, 6) is 0.224. The lowest BCUT2D eigenvalue weighted by Crippen LogP contribution is -2.37. The van der Waals surface area contributed by atoms with Crippen LogP contribution in [0.3, 0.4) is 0 Å². The van der Waals surface area contributed by atoms with Gasteiger partial charge in [-0.15, -0.1) is 0 Å². The molecule has 0 aliphatic heterocycles. The van der Waals surface area contributed by atoms with Gasteiger partial charge in [0.2, 0.25) is 0 Å². The normalized spacial score (nSPS) is 10.9. The average Bonchev–Trinajstić information content (AvgIpc) is 2.74. The predicted molar refractivity (Wildman–Crippen MR) is 106 cm³/mol. The van der Waals surface area contributed by atoms with Crippen molar-refractivity contribution in [2.45, 2.75) is 4.90 Å². The van der Waals surface area contributed by atoms with Gasteiger partial charge in [-0.1, -0.05) is 36.4 Å². The lowest BCUT2D eigenvalue weighted by atomic mass is 10.3. The maximum atomic E-state index is 13.1. The molecule has 0 saturated heterocycles. The van der Waals surface area contributed by atoms with E-state index in [0.717, 1.165) is 4.31 Å². The molecule has 0 fully saturated rings. The van der Waals surface area contributed by atoms with Gasteiger partial charge in [0.15, 0.2) is 0 Å². The van der Waals surface area contributed by atoms with E-state index in [0.29, 0.717) is 17.2 Å². The fourth-order valence-electron chi connectivity index (χ4n) is 2.55. The van der Waals surface area contributed by atoms with E-state index in [9.17, 15) is 13.2 Å². The van der Waals surface area contributed by atoms with Crippen molar-refractivity contribution in [3.63, 3.8) is 0 Å². The lowest BCUT2D eigenvalue weighted by molar-refractivity contribution is -0.132. The topological polar surface area (TPSA) is 72.9 Å². The number of benzene rings is 3. The number of sulfonamides is 1. The molecule has 3 aromatic carbocycles. The predicted octanol–water partition coefficient (Wildman–Crippen LogP) is 3.50. The molecular formula is C21H19NO5S. The minimum Gasteiger partial charge on any atom is -0.497 e. The Morgan fingerprint density at radius 2 is 1.36 bits per heavy atom. The molecule has 0 aliphatic carbocycles. The molecule has 3 aromatic rings. The zero-order chi connectivity index (χ0) is 20.0. The number of carbonyl (C=O) groups excluding carboxylic acids is 1. The molecule has 0 radical (unpaired) electrons. The van der Waals surface area contributed by atoms with Crippen molar-refractivity contribution in [1.29, 1.82) is 0 Å². The Bertz CT molecular complexity index is 1020. The third-order valence-electron chi connectivity index (χ3n) is 3.94. The molecule has 0 aromatic heterocycles. The van der Waals surface area contributed by atoms with E-state index in [2.05, 4.69) is 0 Å². The number of anilines is 1. The first-order chi connectivity index (χ1) is 13.5. The van der Waals surface area contributed by atoms with Crippen molar-refractivity contribution < 1.29 is 22.7 Å². The van der Waals surface area contributed by atoms with Gasteiger partial charge in [0.1, 0.15) is 18.0 Å². The van der Waals surface area contributed by atoms with Crippen molar-refractivity contribution in [3.05, 3.63) is 84.9 Å². The van der Waals surface area contributed by atoms with Crippen LogP contribution in [-0.4, -0.2) is 28.0 Å². The first-order valence-electron chi connectivity index (χ1n) is 8.48. The van der Waals surface area contributed by atoms with Gasteiger partial charge in [-0.3, -0.25) is 4.31 Å². The van der Waals surface area contributed by atoms with Crippen LogP contribution in [0.5, 0.6) is 11.5 Å². The molecule has 0 bridgehead atoms. The van der Waals surface area contributed by atoms with Gasteiger partial charge in [0.05, 0.1) is 17.7 Å². The first-order valence-corrected chi connectivity index (χ1v) is 9.92. The van der Waals surface area contributed by atoms with Gasteiger partial charge >= 0.3 is 5.97 Å². The van der Waals surface area contributed by atoms with Crippen molar-refractivity contribution in [3.8, 4) is 11.5 Å². The largest absolute Gasteiger partial charge is 0.497 e. The van der Waals surface area contributed by atoms with Crippen LogP contribution in [0.25, 0.3) is 0 Å². The molecule has 0 heterocycles. The second-order valence-electron chi connectivity index (χ2n) is 5.81. The number of para-hydroxylation sites is 1. The van der Waals surface area contributed by atoms with Gasteiger partial charge in [-0.2, -0.15) is 0 Å². The summed E-state index contributed by atoms with van der Waals surface area (Å²) in [5.41, 5.74) is 0.373. The summed E-state index contributed by atoms with van der Waals surface area (Å²) >= 11 is 0. The van der Waals surface area contributed by atoms with Crippen LogP contribution in [0.2, 0.25) is 0 Å². The van der Waals surface area contributed by atoms with E-state index in [1.807, 2.05) is 0 Å². The van der Waals surface area contributed by atoms with Crippen molar-refractivity contribution in [2.75, 3.05) is 18.0 Å². The zero-order valence-electron chi connectivity index (χ0n) is 15.2. The molecule has 6 nitrogen and oxygen atoms in total. The summed E-state index contributed by atoms with van der Waals surface area (Å²) in [6.45, 7) is -0.465. The van der Waals surface area contributed by atoms with Crippen LogP contribution >= 0.6 is 0 Å². The number of esters is 1.